The van der Waals surface area contributed by atoms with Gasteiger partial charge in [-0.2, -0.15) is 4.31 Å². The van der Waals surface area contributed by atoms with Crippen molar-refractivity contribution in [2.75, 3.05) is 44.2 Å². The molecule has 0 amide bonds. The Hall–Kier alpha value is -1.49. The molecule has 1 aromatic carbocycles. The number of benzene rings is 1. The monoisotopic (exact) mass is 491 g/mol. The van der Waals surface area contributed by atoms with Crippen molar-refractivity contribution >= 4 is 27.0 Å². The van der Waals surface area contributed by atoms with Crippen molar-refractivity contribution in [1.82, 2.24) is 9.21 Å². The minimum atomic E-state index is -3.47. The summed E-state index contributed by atoms with van der Waals surface area (Å²) >= 11 is 1.28. The molecule has 1 N–H and O–H groups in total. The molecule has 4 heterocycles. The van der Waals surface area contributed by atoms with Gasteiger partial charge in [0.1, 0.15) is 4.21 Å². The van der Waals surface area contributed by atoms with Crippen molar-refractivity contribution in [1.29, 1.82) is 0 Å². The third kappa shape index (κ3) is 5.13. The molecule has 0 aliphatic carbocycles. The molecule has 9 heteroatoms. The lowest BCUT2D eigenvalue weighted by Gasteiger charge is -2.45. The minimum absolute atomic E-state index is 0.0635. The fraction of sp³-hybridized carbons (Fsp3) is 0.583. The standard InChI is InChI=1S/C24H33N3O4S2/c1-18(28)13-19-4-6-20(7-5-19)27-11-10-26(33(29,30)24-3-2-12-32-24)15-21(27)14-25-16-22-8-9-23(17-25)31-22/h2-7,12,18,21-23,28H,8-11,13-17H2,1H3/t18?,21-,22?,23?/m0/s1. The molecule has 2 aromatic rings. The van der Waals surface area contributed by atoms with E-state index in [9.17, 15) is 13.5 Å². The molecular weight excluding hydrogens is 458 g/mol. The van der Waals surface area contributed by atoms with Crippen LogP contribution in [0.5, 0.6) is 0 Å². The lowest BCUT2D eigenvalue weighted by molar-refractivity contribution is -0.0406. The average Bonchev–Trinajstić information content (AvgIpc) is 3.44. The molecule has 33 heavy (non-hydrogen) atoms. The third-order valence-corrected chi connectivity index (χ3v) is 10.2. The van der Waals surface area contributed by atoms with Crippen LogP contribution < -0.4 is 4.90 Å². The van der Waals surface area contributed by atoms with Crippen molar-refractivity contribution in [2.45, 2.75) is 54.7 Å². The number of fused-ring (bicyclic) bond motifs is 2. The van der Waals surface area contributed by atoms with Gasteiger partial charge in [0.15, 0.2) is 0 Å². The zero-order valence-electron chi connectivity index (χ0n) is 19.0. The van der Waals surface area contributed by atoms with Crippen LogP contribution in [0.15, 0.2) is 46.0 Å². The highest BCUT2D eigenvalue weighted by Crippen LogP contribution is 2.30. The van der Waals surface area contributed by atoms with E-state index in [4.69, 9.17) is 4.74 Å². The molecular formula is C24H33N3O4S2. The first-order valence-electron chi connectivity index (χ1n) is 11.8. The molecule has 180 valence electrons. The van der Waals surface area contributed by atoms with Crippen molar-refractivity contribution < 1.29 is 18.3 Å². The number of morpholine rings is 1. The number of aliphatic hydroxyl groups excluding tert-OH is 1. The van der Waals surface area contributed by atoms with Gasteiger partial charge >= 0.3 is 0 Å². The van der Waals surface area contributed by atoms with Gasteiger partial charge in [0.25, 0.3) is 10.0 Å². The van der Waals surface area contributed by atoms with Gasteiger partial charge in [-0.05, 0) is 55.3 Å². The van der Waals surface area contributed by atoms with Gasteiger partial charge in [-0.15, -0.1) is 11.3 Å². The number of ether oxygens (including phenoxy) is 1. The van der Waals surface area contributed by atoms with Crippen LogP contribution in [0.3, 0.4) is 0 Å². The van der Waals surface area contributed by atoms with Crippen LogP contribution in [-0.4, -0.2) is 86.4 Å². The van der Waals surface area contributed by atoms with Gasteiger partial charge < -0.3 is 14.7 Å². The first-order valence-corrected chi connectivity index (χ1v) is 14.2. The van der Waals surface area contributed by atoms with E-state index in [1.807, 2.05) is 5.38 Å². The van der Waals surface area contributed by atoms with Crippen LogP contribution >= 0.6 is 11.3 Å². The molecule has 3 fully saturated rings. The van der Waals surface area contributed by atoms with Crippen LogP contribution in [0.25, 0.3) is 0 Å². The van der Waals surface area contributed by atoms with Crippen molar-refractivity contribution in [3.8, 4) is 0 Å². The first-order chi connectivity index (χ1) is 15.9. The molecule has 3 aliphatic rings. The van der Waals surface area contributed by atoms with Gasteiger partial charge in [0.05, 0.1) is 24.4 Å². The number of piperazine rings is 1. The Kier molecular flexibility index (Phi) is 6.79. The SMILES string of the molecule is CC(O)Cc1ccc(N2CCN(S(=O)(=O)c3cccs3)C[C@@H]2CN2CC3CCC(C2)O3)cc1. The van der Waals surface area contributed by atoms with E-state index in [0.29, 0.717) is 42.5 Å². The number of aliphatic hydroxyl groups is 1. The Morgan fingerprint density at radius 1 is 1.09 bits per heavy atom. The van der Waals surface area contributed by atoms with E-state index in [2.05, 4.69) is 34.1 Å². The summed E-state index contributed by atoms with van der Waals surface area (Å²) in [5, 5.41) is 11.5. The number of hydrogen-bond donors (Lipinski definition) is 1. The second-order valence-corrected chi connectivity index (χ2v) is 12.7. The Morgan fingerprint density at radius 3 is 2.45 bits per heavy atom. The topological polar surface area (TPSA) is 73.3 Å². The highest BCUT2D eigenvalue weighted by atomic mass is 32.2. The third-order valence-electron chi connectivity index (χ3n) is 6.92. The Morgan fingerprint density at radius 2 is 1.82 bits per heavy atom. The van der Waals surface area contributed by atoms with E-state index in [1.165, 1.54) is 11.3 Å². The maximum absolute atomic E-state index is 13.3. The zero-order valence-corrected chi connectivity index (χ0v) is 20.7. The molecule has 3 unspecified atom stereocenters. The molecule has 0 spiro atoms. The van der Waals surface area contributed by atoms with Crippen LogP contribution in [-0.2, 0) is 21.2 Å². The summed E-state index contributed by atoms with van der Waals surface area (Å²) in [4.78, 5) is 4.83. The number of nitrogens with zero attached hydrogens (tertiary/aromatic N) is 3. The summed E-state index contributed by atoms with van der Waals surface area (Å²) in [6, 6.07) is 11.9. The van der Waals surface area contributed by atoms with Crippen LogP contribution in [0.4, 0.5) is 5.69 Å². The summed E-state index contributed by atoms with van der Waals surface area (Å²) < 4.78 is 34.6. The summed E-state index contributed by atoms with van der Waals surface area (Å²) in [6.07, 6.45) is 3.13. The Bertz CT molecular complexity index is 1010. The minimum Gasteiger partial charge on any atom is -0.393 e. The van der Waals surface area contributed by atoms with Crippen LogP contribution in [0, 0.1) is 0 Å². The quantitative estimate of drug-likeness (QED) is 0.641. The second-order valence-electron chi connectivity index (χ2n) is 9.54. The van der Waals surface area contributed by atoms with E-state index in [-0.39, 0.29) is 12.1 Å². The molecule has 5 rings (SSSR count). The summed E-state index contributed by atoms with van der Waals surface area (Å²) in [5.74, 6) is 0. The highest BCUT2D eigenvalue weighted by molar-refractivity contribution is 7.91. The number of sulfonamides is 1. The number of hydrogen-bond acceptors (Lipinski definition) is 7. The predicted molar refractivity (Wildman–Crippen MR) is 130 cm³/mol. The highest BCUT2D eigenvalue weighted by Gasteiger charge is 2.39. The lowest BCUT2D eigenvalue weighted by atomic mass is 10.1. The van der Waals surface area contributed by atoms with E-state index >= 15 is 0 Å². The van der Waals surface area contributed by atoms with Gasteiger partial charge in [-0.3, -0.25) is 4.90 Å². The van der Waals surface area contributed by atoms with Gasteiger partial charge in [-0.25, -0.2) is 8.42 Å². The molecule has 4 atom stereocenters. The fourth-order valence-corrected chi connectivity index (χ4v) is 8.00. The molecule has 2 bridgehead atoms. The summed E-state index contributed by atoms with van der Waals surface area (Å²) in [7, 11) is -3.47. The van der Waals surface area contributed by atoms with Crippen molar-refractivity contribution in [3.63, 3.8) is 0 Å². The number of likely N-dealkylation sites (tertiary alicyclic amines) is 1. The molecule has 3 saturated heterocycles. The number of anilines is 1. The maximum Gasteiger partial charge on any atom is 0.252 e. The molecule has 0 radical (unpaired) electrons. The van der Waals surface area contributed by atoms with Crippen LogP contribution in [0.1, 0.15) is 25.3 Å². The lowest BCUT2D eigenvalue weighted by Crippen LogP contribution is -2.59. The molecule has 7 nitrogen and oxygen atoms in total. The van der Waals surface area contributed by atoms with Gasteiger partial charge in [0, 0.05) is 45.0 Å². The van der Waals surface area contributed by atoms with Crippen LogP contribution in [0.2, 0.25) is 0 Å². The van der Waals surface area contributed by atoms with Crippen molar-refractivity contribution in [2.24, 2.45) is 0 Å². The van der Waals surface area contributed by atoms with E-state index < -0.39 is 10.0 Å². The van der Waals surface area contributed by atoms with Gasteiger partial charge in [0.2, 0.25) is 0 Å². The van der Waals surface area contributed by atoms with E-state index in [1.54, 1.807) is 23.4 Å². The molecule has 0 saturated carbocycles. The smallest absolute Gasteiger partial charge is 0.252 e. The van der Waals surface area contributed by atoms with Gasteiger partial charge in [-0.1, -0.05) is 18.2 Å². The average molecular weight is 492 g/mol. The molecule has 3 aliphatic heterocycles. The largest absolute Gasteiger partial charge is 0.393 e. The zero-order chi connectivity index (χ0) is 23.0. The predicted octanol–water partition coefficient (Wildman–Crippen LogP) is 2.41. The summed E-state index contributed by atoms with van der Waals surface area (Å²) in [6.45, 7) is 6.07. The number of rotatable bonds is 7. The normalized spacial score (nSPS) is 27.7. The summed E-state index contributed by atoms with van der Waals surface area (Å²) in [5.41, 5.74) is 2.22. The Labute approximate surface area is 200 Å². The number of thiophene rings is 1. The Balaban J connectivity index is 1.36. The second kappa shape index (κ2) is 9.64. The van der Waals surface area contributed by atoms with Crippen molar-refractivity contribution in [3.05, 3.63) is 47.3 Å². The fourth-order valence-electron chi connectivity index (χ4n) is 5.39. The van der Waals surface area contributed by atoms with E-state index in [0.717, 1.165) is 43.7 Å². The first kappa shape index (κ1) is 23.3. The molecule has 1 aromatic heterocycles. The maximum atomic E-state index is 13.3.